The molecule has 1 atom stereocenters. The zero-order valence-electron chi connectivity index (χ0n) is 11.8. The summed E-state index contributed by atoms with van der Waals surface area (Å²) in [6, 6.07) is 3.60. The first-order chi connectivity index (χ1) is 9.81. The molecule has 0 spiro atoms. The lowest BCUT2D eigenvalue weighted by Gasteiger charge is -2.34. The topological polar surface area (TPSA) is 57.6 Å². The lowest BCUT2D eigenvalue weighted by Crippen LogP contribution is -2.45. The van der Waals surface area contributed by atoms with Crippen LogP contribution in [0.2, 0.25) is 0 Å². The second kappa shape index (κ2) is 6.32. The highest BCUT2D eigenvalue weighted by atomic mass is 79.9. The molecule has 0 aromatic heterocycles. The molecule has 118 valence electrons. The van der Waals surface area contributed by atoms with Gasteiger partial charge < -0.3 is 5.11 Å². The highest BCUT2D eigenvalue weighted by Crippen LogP contribution is 2.39. The van der Waals surface area contributed by atoms with Gasteiger partial charge in [0.05, 0.1) is 4.90 Å². The van der Waals surface area contributed by atoms with Crippen molar-refractivity contribution in [2.24, 2.45) is 0 Å². The highest BCUT2D eigenvalue weighted by Gasteiger charge is 2.44. The Labute approximate surface area is 133 Å². The van der Waals surface area contributed by atoms with Crippen molar-refractivity contribution in [2.45, 2.75) is 43.0 Å². The van der Waals surface area contributed by atoms with E-state index in [1.165, 1.54) is 10.4 Å². The van der Waals surface area contributed by atoms with Crippen molar-refractivity contribution in [1.29, 1.82) is 0 Å². The molecule has 1 aromatic rings. The zero-order valence-corrected chi connectivity index (χ0v) is 14.3. The zero-order chi connectivity index (χ0) is 15.7. The average Bonchev–Trinajstić information content (AvgIpc) is 2.79. The number of sulfonamides is 1. The van der Waals surface area contributed by atoms with Crippen LogP contribution in [0, 0.1) is 5.82 Å². The first-order valence-electron chi connectivity index (χ1n) is 6.90. The van der Waals surface area contributed by atoms with E-state index in [9.17, 15) is 12.8 Å². The smallest absolute Gasteiger partial charge is 0.244 e. The molecule has 0 aliphatic carbocycles. The van der Waals surface area contributed by atoms with Crippen molar-refractivity contribution in [2.75, 3.05) is 13.2 Å². The summed E-state index contributed by atoms with van der Waals surface area (Å²) in [4.78, 5) is 0.0843. The Balaban J connectivity index is 2.38. The summed E-state index contributed by atoms with van der Waals surface area (Å²) >= 11 is 3.13. The maximum Gasteiger partial charge on any atom is 0.244 e. The van der Waals surface area contributed by atoms with Crippen LogP contribution in [0.25, 0.3) is 0 Å². The van der Waals surface area contributed by atoms with Gasteiger partial charge in [0.25, 0.3) is 0 Å². The minimum absolute atomic E-state index is 0.0454. The van der Waals surface area contributed by atoms with Crippen LogP contribution in [0.3, 0.4) is 0 Å². The summed E-state index contributed by atoms with van der Waals surface area (Å²) in [5.41, 5.74) is -0.491. The standard InChI is InChI=1S/C14H19BrFNO3S/c1-14(7-3-9-18)6-2-8-17(14)21(19,20)13-5-4-11(16)10-12(13)15/h4-5,10,18H,2-3,6-9H2,1H3/t14-/m0/s1. The largest absolute Gasteiger partial charge is 0.396 e. The Kier molecular flexibility index (Phi) is 5.07. The van der Waals surface area contributed by atoms with Gasteiger partial charge in [-0.15, -0.1) is 0 Å². The van der Waals surface area contributed by atoms with E-state index in [0.717, 1.165) is 25.0 Å². The molecule has 1 saturated heterocycles. The van der Waals surface area contributed by atoms with E-state index in [1.54, 1.807) is 0 Å². The fourth-order valence-electron chi connectivity index (χ4n) is 2.92. The predicted molar refractivity (Wildman–Crippen MR) is 82.0 cm³/mol. The molecule has 1 aromatic carbocycles. The van der Waals surface area contributed by atoms with Gasteiger partial charge in [0.2, 0.25) is 10.0 Å². The van der Waals surface area contributed by atoms with Crippen molar-refractivity contribution in [3.63, 3.8) is 0 Å². The first-order valence-corrected chi connectivity index (χ1v) is 9.13. The second-order valence-corrected chi connectivity index (χ2v) is 8.26. The van der Waals surface area contributed by atoms with Crippen molar-refractivity contribution < 1.29 is 17.9 Å². The van der Waals surface area contributed by atoms with Crippen LogP contribution in [0.4, 0.5) is 4.39 Å². The summed E-state index contributed by atoms with van der Waals surface area (Å²) < 4.78 is 40.6. The van der Waals surface area contributed by atoms with E-state index >= 15 is 0 Å². The molecule has 1 aliphatic heterocycles. The quantitative estimate of drug-likeness (QED) is 0.855. The number of aliphatic hydroxyl groups is 1. The highest BCUT2D eigenvalue weighted by molar-refractivity contribution is 9.10. The van der Waals surface area contributed by atoms with Crippen molar-refractivity contribution >= 4 is 26.0 Å². The van der Waals surface area contributed by atoms with Crippen molar-refractivity contribution in [3.05, 3.63) is 28.5 Å². The van der Waals surface area contributed by atoms with Crippen LogP contribution < -0.4 is 0 Å². The Morgan fingerprint density at radius 2 is 2.19 bits per heavy atom. The van der Waals surface area contributed by atoms with Gasteiger partial charge in [-0.05, 0) is 66.7 Å². The molecule has 1 fully saturated rings. The van der Waals surface area contributed by atoms with Gasteiger partial charge in [-0.2, -0.15) is 4.31 Å². The van der Waals surface area contributed by atoms with E-state index in [0.29, 0.717) is 19.4 Å². The molecule has 0 bridgehead atoms. The van der Waals surface area contributed by atoms with Crippen molar-refractivity contribution in [3.8, 4) is 0 Å². The Bertz CT molecular complexity index is 623. The third kappa shape index (κ3) is 3.31. The van der Waals surface area contributed by atoms with E-state index in [1.807, 2.05) is 6.92 Å². The van der Waals surface area contributed by atoms with Crippen LogP contribution in [0.15, 0.2) is 27.6 Å². The Morgan fingerprint density at radius 1 is 1.48 bits per heavy atom. The minimum Gasteiger partial charge on any atom is -0.396 e. The molecule has 7 heteroatoms. The molecular weight excluding hydrogens is 361 g/mol. The van der Waals surface area contributed by atoms with E-state index in [2.05, 4.69) is 15.9 Å². The number of hydrogen-bond donors (Lipinski definition) is 1. The molecule has 21 heavy (non-hydrogen) atoms. The SMILES string of the molecule is C[C@@]1(CCCO)CCCN1S(=O)(=O)c1ccc(F)cc1Br. The minimum atomic E-state index is -3.69. The molecule has 0 amide bonds. The number of hydrogen-bond acceptors (Lipinski definition) is 3. The van der Waals surface area contributed by atoms with Crippen LogP contribution in [0.5, 0.6) is 0 Å². The Morgan fingerprint density at radius 3 is 2.81 bits per heavy atom. The van der Waals surface area contributed by atoms with Crippen LogP contribution in [-0.4, -0.2) is 36.5 Å². The molecule has 0 saturated carbocycles. The van der Waals surface area contributed by atoms with Gasteiger partial charge in [-0.3, -0.25) is 0 Å². The summed E-state index contributed by atoms with van der Waals surface area (Å²) in [5, 5.41) is 9.00. The van der Waals surface area contributed by atoms with Gasteiger partial charge in [-0.25, -0.2) is 12.8 Å². The fourth-order valence-corrected chi connectivity index (χ4v) is 5.80. The summed E-state index contributed by atoms with van der Waals surface area (Å²) in [6.07, 6.45) is 2.74. The number of nitrogens with zero attached hydrogens (tertiary/aromatic N) is 1. The van der Waals surface area contributed by atoms with Gasteiger partial charge in [0, 0.05) is 23.2 Å². The normalized spacial score (nSPS) is 23.6. The lowest BCUT2D eigenvalue weighted by atomic mass is 9.94. The maximum absolute atomic E-state index is 13.2. The molecule has 4 nitrogen and oxygen atoms in total. The van der Waals surface area contributed by atoms with E-state index in [4.69, 9.17) is 5.11 Å². The average molecular weight is 380 g/mol. The molecule has 2 rings (SSSR count). The van der Waals surface area contributed by atoms with Crippen LogP contribution in [0.1, 0.15) is 32.6 Å². The third-order valence-electron chi connectivity index (χ3n) is 4.01. The number of rotatable bonds is 5. The fraction of sp³-hybridized carbons (Fsp3) is 0.571. The van der Waals surface area contributed by atoms with Crippen molar-refractivity contribution in [1.82, 2.24) is 4.31 Å². The van der Waals surface area contributed by atoms with E-state index in [-0.39, 0.29) is 16.0 Å². The van der Waals surface area contributed by atoms with Gasteiger partial charge in [0.15, 0.2) is 0 Å². The monoisotopic (exact) mass is 379 g/mol. The van der Waals surface area contributed by atoms with Crippen LogP contribution >= 0.6 is 15.9 Å². The summed E-state index contributed by atoms with van der Waals surface area (Å²) in [6.45, 7) is 2.41. The number of benzene rings is 1. The molecule has 1 aliphatic rings. The molecule has 1 N–H and O–H groups in total. The molecular formula is C14H19BrFNO3S. The lowest BCUT2D eigenvalue weighted by molar-refractivity contribution is 0.209. The second-order valence-electron chi connectivity index (χ2n) is 5.58. The first kappa shape index (κ1) is 16.9. The summed E-state index contributed by atoms with van der Waals surface area (Å²) in [5.74, 6) is -0.481. The van der Waals surface area contributed by atoms with Gasteiger partial charge in [-0.1, -0.05) is 0 Å². The molecule has 0 unspecified atom stereocenters. The predicted octanol–water partition coefficient (Wildman–Crippen LogP) is 2.90. The third-order valence-corrected chi connectivity index (χ3v) is 7.05. The Hall–Kier alpha value is -0.500. The van der Waals surface area contributed by atoms with Gasteiger partial charge >= 0.3 is 0 Å². The molecule has 0 radical (unpaired) electrons. The maximum atomic E-state index is 13.2. The molecule has 1 heterocycles. The number of halogens is 2. The van der Waals surface area contributed by atoms with Gasteiger partial charge in [0.1, 0.15) is 5.82 Å². The number of aliphatic hydroxyl groups excluding tert-OH is 1. The van der Waals surface area contributed by atoms with E-state index < -0.39 is 21.4 Å². The summed E-state index contributed by atoms with van der Waals surface area (Å²) in [7, 11) is -3.69. The van der Waals surface area contributed by atoms with Crippen LogP contribution in [-0.2, 0) is 10.0 Å².